The molecule has 0 aliphatic carbocycles. The van der Waals surface area contributed by atoms with Crippen LogP contribution in [0.3, 0.4) is 0 Å². The molecule has 0 bridgehead atoms. The largest absolute Gasteiger partial charge is 0.508 e. The molecule has 0 atom stereocenters. The molecule has 3 heteroatoms. The van der Waals surface area contributed by atoms with Crippen LogP contribution in [0, 0.1) is 0 Å². The van der Waals surface area contributed by atoms with Crippen LogP contribution in [0.2, 0.25) is 0 Å². The molecule has 0 fully saturated rings. The van der Waals surface area contributed by atoms with E-state index < -0.39 is 0 Å². The van der Waals surface area contributed by atoms with Gasteiger partial charge in [0.25, 0.3) is 0 Å². The lowest BCUT2D eigenvalue weighted by Crippen LogP contribution is -2.03. The van der Waals surface area contributed by atoms with E-state index in [0.29, 0.717) is 11.6 Å². The summed E-state index contributed by atoms with van der Waals surface area (Å²) >= 11 is 0. The second-order valence-corrected chi connectivity index (χ2v) is 5.22. The maximum atomic E-state index is 9.24. The summed E-state index contributed by atoms with van der Waals surface area (Å²) in [7, 11) is 0. The van der Waals surface area contributed by atoms with Gasteiger partial charge in [0, 0.05) is 0 Å². The van der Waals surface area contributed by atoms with Crippen molar-refractivity contribution < 1.29 is 5.11 Å². The first kappa shape index (κ1) is 14.9. The number of benzene rings is 2. The van der Waals surface area contributed by atoms with Crippen LogP contribution >= 0.6 is 0 Å². The molecule has 2 aromatic rings. The zero-order valence-corrected chi connectivity index (χ0v) is 12.4. The summed E-state index contributed by atoms with van der Waals surface area (Å²) < 4.78 is 0. The van der Waals surface area contributed by atoms with Gasteiger partial charge in [0.1, 0.15) is 5.75 Å². The van der Waals surface area contributed by atoms with Crippen molar-refractivity contribution >= 4 is 11.9 Å². The minimum atomic E-state index is 0.236. The van der Waals surface area contributed by atoms with Gasteiger partial charge in [0.15, 0.2) is 0 Å². The molecular weight excluding hydrogens is 260 g/mol. The summed E-state index contributed by atoms with van der Waals surface area (Å²) in [4.78, 5) is 0. The predicted octanol–water partition coefficient (Wildman–Crippen LogP) is 4.11. The molecule has 0 aliphatic rings. The fraction of sp³-hybridized carbons (Fsp3) is 0.167. The summed E-state index contributed by atoms with van der Waals surface area (Å²) in [5.41, 5.74) is 6.82. The smallest absolute Gasteiger partial charge is 0.115 e. The fourth-order valence-electron chi connectivity index (χ4n) is 1.88. The standard InChI is InChI=1S/C18H20N2O/c1-13(2)16-6-4-15(5-7-16)12-19-20-14(3)17-8-10-18(21)11-9-17/h4-13,20-21H,3H2,1-2H3/b19-12+. The van der Waals surface area contributed by atoms with Gasteiger partial charge in [-0.2, -0.15) is 5.10 Å². The molecule has 21 heavy (non-hydrogen) atoms. The molecule has 0 aromatic heterocycles. The summed E-state index contributed by atoms with van der Waals surface area (Å²) in [5.74, 6) is 0.767. The van der Waals surface area contributed by atoms with Crippen molar-refractivity contribution in [2.75, 3.05) is 0 Å². The summed E-state index contributed by atoms with van der Waals surface area (Å²) in [6, 6.07) is 15.1. The zero-order valence-electron chi connectivity index (χ0n) is 12.4. The van der Waals surface area contributed by atoms with Crippen LogP contribution in [0.1, 0.15) is 36.5 Å². The van der Waals surface area contributed by atoms with E-state index in [1.807, 2.05) is 12.1 Å². The Morgan fingerprint density at radius 1 is 1.10 bits per heavy atom. The number of hydrazone groups is 1. The van der Waals surface area contributed by atoms with Gasteiger partial charge >= 0.3 is 0 Å². The lowest BCUT2D eigenvalue weighted by molar-refractivity contribution is 0.475. The van der Waals surface area contributed by atoms with E-state index in [1.54, 1.807) is 30.5 Å². The van der Waals surface area contributed by atoms with Crippen LogP contribution in [-0.2, 0) is 0 Å². The van der Waals surface area contributed by atoms with Crippen molar-refractivity contribution in [1.82, 2.24) is 5.43 Å². The van der Waals surface area contributed by atoms with Crippen LogP contribution in [0.15, 0.2) is 60.2 Å². The molecule has 2 aromatic carbocycles. The third-order valence-corrected chi connectivity index (χ3v) is 3.23. The van der Waals surface area contributed by atoms with Crippen LogP contribution in [-0.4, -0.2) is 11.3 Å². The first-order valence-corrected chi connectivity index (χ1v) is 6.93. The Morgan fingerprint density at radius 3 is 2.29 bits per heavy atom. The van der Waals surface area contributed by atoms with Gasteiger partial charge in [-0.3, -0.25) is 5.43 Å². The van der Waals surface area contributed by atoms with Gasteiger partial charge in [-0.25, -0.2) is 0 Å². The highest BCUT2D eigenvalue weighted by Gasteiger charge is 1.98. The number of aromatic hydroxyl groups is 1. The third kappa shape index (κ3) is 4.21. The molecule has 2 N–H and O–H groups in total. The van der Waals surface area contributed by atoms with Crippen LogP contribution in [0.4, 0.5) is 0 Å². The average molecular weight is 280 g/mol. The van der Waals surface area contributed by atoms with Crippen molar-refractivity contribution in [2.45, 2.75) is 19.8 Å². The molecule has 0 heterocycles. The van der Waals surface area contributed by atoms with Crippen molar-refractivity contribution in [1.29, 1.82) is 0 Å². The fourth-order valence-corrected chi connectivity index (χ4v) is 1.88. The topological polar surface area (TPSA) is 44.6 Å². The van der Waals surface area contributed by atoms with Gasteiger partial charge in [-0.1, -0.05) is 44.7 Å². The minimum Gasteiger partial charge on any atom is -0.508 e. The van der Waals surface area contributed by atoms with Crippen molar-refractivity contribution in [3.8, 4) is 5.75 Å². The second-order valence-electron chi connectivity index (χ2n) is 5.22. The van der Waals surface area contributed by atoms with E-state index in [0.717, 1.165) is 11.1 Å². The molecule has 3 nitrogen and oxygen atoms in total. The number of phenols is 1. The first-order chi connectivity index (χ1) is 10.1. The quantitative estimate of drug-likeness (QED) is 0.639. The highest BCUT2D eigenvalue weighted by molar-refractivity contribution is 5.80. The van der Waals surface area contributed by atoms with E-state index in [2.05, 4.69) is 43.1 Å². The van der Waals surface area contributed by atoms with E-state index >= 15 is 0 Å². The Morgan fingerprint density at radius 2 is 1.71 bits per heavy atom. The van der Waals surface area contributed by atoms with Gasteiger partial charge in [0.05, 0.1) is 11.9 Å². The maximum absolute atomic E-state index is 9.24. The first-order valence-electron chi connectivity index (χ1n) is 6.93. The highest BCUT2D eigenvalue weighted by Crippen LogP contribution is 2.15. The summed E-state index contributed by atoms with van der Waals surface area (Å²) in [5, 5.41) is 13.4. The van der Waals surface area contributed by atoms with Crippen LogP contribution in [0.5, 0.6) is 5.75 Å². The monoisotopic (exact) mass is 280 g/mol. The third-order valence-electron chi connectivity index (χ3n) is 3.23. The van der Waals surface area contributed by atoms with Crippen LogP contribution < -0.4 is 5.43 Å². The summed E-state index contributed by atoms with van der Waals surface area (Å²) in [6.45, 7) is 8.26. The van der Waals surface area contributed by atoms with E-state index in [9.17, 15) is 5.11 Å². The number of hydrogen-bond donors (Lipinski definition) is 2. The number of hydrogen-bond acceptors (Lipinski definition) is 3. The lowest BCUT2D eigenvalue weighted by Gasteiger charge is -2.06. The molecule has 108 valence electrons. The lowest BCUT2D eigenvalue weighted by atomic mass is 10.0. The Hall–Kier alpha value is -2.55. The predicted molar refractivity (Wildman–Crippen MR) is 88.4 cm³/mol. The van der Waals surface area contributed by atoms with Gasteiger partial charge < -0.3 is 5.11 Å². The summed E-state index contributed by atoms with van der Waals surface area (Å²) in [6.07, 6.45) is 1.76. The molecule has 2 rings (SSSR count). The maximum Gasteiger partial charge on any atom is 0.115 e. The zero-order chi connectivity index (χ0) is 15.2. The normalized spacial score (nSPS) is 11.0. The van der Waals surface area contributed by atoms with Gasteiger partial charge in [-0.15, -0.1) is 0 Å². The molecule has 0 amide bonds. The van der Waals surface area contributed by atoms with Crippen LogP contribution in [0.25, 0.3) is 5.70 Å². The second kappa shape index (κ2) is 6.75. The minimum absolute atomic E-state index is 0.236. The van der Waals surface area contributed by atoms with E-state index in [1.165, 1.54) is 5.56 Å². The van der Waals surface area contributed by atoms with Crippen molar-refractivity contribution in [3.05, 3.63) is 71.8 Å². The number of nitrogens with zero attached hydrogens (tertiary/aromatic N) is 1. The molecule has 0 radical (unpaired) electrons. The molecule has 0 unspecified atom stereocenters. The van der Waals surface area contributed by atoms with E-state index in [-0.39, 0.29) is 5.75 Å². The van der Waals surface area contributed by atoms with Crippen molar-refractivity contribution in [2.24, 2.45) is 5.10 Å². The molecule has 0 saturated carbocycles. The molecule has 0 saturated heterocycles. The van der Waals surface area contributed by atoms with Crippen molar-refractivity contribution in [3.63, 3.8) is 0 Å². The Balaban J connectivity index is 1.95. The molecule has 0 aliphatic heterocycles. The highest BCUT2D eigenvalue weighted by atomic mass is 16.3. The van der Waals surface area contributed by atoms with E-state index in [4.69, 9.17) is 0 Å². The Bertz CT molecular complexity index is 625. The van der Waals surface area contributed by atoms with Gasteiger partial charge in [-0.05, 0) is 46.9 Å². The number of nitrogens with one attached hydrogen (secondary N) is 1. The number of phenolic OH excluding ortho intramolecular Hbond substituents is 1. The molecule has 0 spiro atoms. The average Bonchev–Trinajstić information content (AvgIpc) is 2.48. The Labute approximate surface area is 125 Å². The Kier molecular flexibility index (Phi) is 4.77. The van der Waals surface area contributed by atoms with Gasteiger partial charge in [0.2, 0.25) is 0 Å². The number of rotatable bonds is 5. The SMILES string of the molecule is C=C(N/N=C/c1ccc(C(C)C)cc1)c1ccc(O)cc1. The molecular formula is C18H20N2O.